The molecule has 158 valence electrons. The minimum atomic E-state index is -2.14. The average molecular weight is 481 g/mol. The molecule has 0 radical (unpaired) electrons. The monoisotopic (exact) mass is 482 g/mol. The predicted molar refractivity (Wildman–Crippen MR) is 124 cm³/mol. The van der Waals surface area contributed by atoms with E-state index in [-0.39, 0.29) is 0 Å². The van der Waals surface area contributed by atoms with Crippen LogP contribution in [0.5, 0.6) is 0 Å². The maximum absolute atomic E-state index is 2.36. The molecule has 0 bridgehead atoms. The summed E-state index contributed by atoms with van der Waals surface area (Å²) in [6.45, 7) is 2.36. The van der Waals surface area contributed by atoms with Gasteiger partial charge in [0.05, 0.1) is 0 Å². The van der Waals surface area contributed by atoms with Gasteiger partial charge in [-0.15, -0.1) is 0 Å². The molecule has 0 aromatic heterocycles. The average Bonchev–Trinajstić information content (AvgIpc) is 2.75. The zero-order valence-corrected chi connectivity index (χ0v) is 21.6. The van der Waals surface area contributed by atoms with Crippen LogP contribution in [-0.4, -0.2) is 18.4 Å². The molecule has 0 amide bonds. The summed E-state index contributed by atoms with van der Waals surface area (Å²) in [6, 6.07) is 0. The van der Waals surface area contributed by atoms with Gasteiger partial charge in [-0.3, -0.25) is 0 Å². The Hall–Kier alpha value is 0.799. The van der Waals surface area contributed by atoms with Gasteiger partial charge in [0.2, 0.25) is 0 Å². The van der Waals surface area contributed by atoms with E-state index in [1.165, 1.54) is 37.5 Å². The summed E-state index contributed by atoms with van der Waals surface area (Å²) in [5.41, 5.74) is 0. The van der Waals surface area contributed by atoms with Gasteiger partial charge in [-0.1, -0.05) is 0 Å². The molecule has 0 nitrogen and oxygen atoms in total. The minimum absolute atomic E-state index is 1.30. The molecule has 0 aliphatic heterocycles. The second kappa shape index (κ2) is 12.5. The molecule has 3 aliphatic rings. The van der Waals surface area contributed by atoms with Crippen LogP contribution in [0, 0.1) is 0 Å². The molecule has 0 heterocycles. The molecule has 3 fully saturated rings. The standard InChI is InChI=1S/C8H17.3C6H11.Sn/c1-3-5-7-8-6-4-2;3*1-2-4-6-5-3-1;/h1,3-8H2,2H3;3*1H,2-6H2;. The Bertz CT molecular complexity index is 326. The van der Waals surface area contributed by atoms with Crippen molar-refractivity contribution in [1.82, 2.24) is 0 Å². The van der Waals surface area contributed by atoms with Crippen molar-refractivity contribution in [2.45, 2.75) is 158 Å². The van der Waals surface area contributed by atoms with Crippen LogP contribution >= 0.6 is 0 Å². The molecule has 3 saturated carbocycles. The number of hydrogen-bond donors (Lipinski definition) is 0. The van der Waals surface area contributed by atoms with Crippen LogP contribution in [0.2, 0.25) is 16.2 Å². The first-order valence-corrected chi connectivity index (χ1v) is 20.3. The second-order valence-electron chi connectivity index (χ2n) is 10.6. The quantitative estimate of drug-likeness (QED) is 0.215. The molecule has 3 aliphatic carbocycles. The molecule has 0 N–H and O–H groups in total. The summed E-state index contributed by atoms with van der Waals surface area (Å²) in [4.78, 5) is 0. The Morgan fingerprint density at radius 3 is 1.26 bits per heavy atom. The first-order chi connectivity index (χ1) is 13.4. The van der Waals surface area contributed by atoms with Crippen molar-refractivity contribution in [2.75, 3.05) is 0 Å². The van der Waals surface area contributed by atoms with Gasteiger partial charge in [0.1, 0.15) is 0 Å². The van der Waals surface area contributed by atoms with E-state index in [2.05, 4.69) is 6.92 Å². The molecule has 0 atom stereocenters. The summed E-state index contributed by atoms with van der Waals surface area (Å²) in [6.07, 6.45) is 33.5. The molecule has 0 aromatic carbocycles. The second-order valence-corrected chi connectivity index (χ2v) is 25.4. The zero-order valence-electron chi connectivity index (χ0n) is 18.8. The summed E-state index contributed by atoms with van der Waals surface area (Å²) in [5.74, 6) is 0. The van der Waals surface area contributed by atoms with Crippen molar-refractivity contribution in [3.8, 4) is 0 Å². The summed E-state index contributed by atoms with van der Waals surface area (Å²) >= 11 is -2.14. The third kappa shape index (κ3) is 6.14. The van der Waals surface area contributed by atoms with Crippen LogP contribution in [0.25, 0.3) is 0 Å². The summed E-state index contributed by atoms with van der Waals surface area (Å²) < 4.78 is 5.72. The SMILES string of the molecule is CCCCCCC[CH2][Sn]([CH]1CCCCC1)([CH]1CCCCC1)[CH]1CCCCC1. The van der Waals surface area contributed by atoms with Gasteiger partial charge in [-0.25, -0.2) is 0 Å². The van der Waals surface area contributed by atoms with Crippen molar-refractivity contribution in [3.05, 3.63) is 0 Å². The summed E-state index contributed by atoms with van der Waals surface area (Å²) in [7, 11) is 0. The van der Waals surface area contributed by atoms with Crippen LogP contribution in [0.1, 0.15) is 142 Å². The van der Waals surface area contributed by atoms with Crippen molar-refractivity contribution < 1.29 is 0 Å². The van der Waals surface area contributed by atoms with Gasteiger partial charge >= 0.3 is 176 Å². The van der Waals surface area contributed by atoms with E-state index in [1.54, 1.807) is 109 Å². The molecule has 0 aromatic rings. The van der Waals surface area contributed by atoms with Crippen LogP contribution in [-0.2, 0) is 0 Å². The van der Waals surface area contributed by atoms with E-state index >= 15 is 0 Å². The van der Waals surface area contributed by atoms with E-state index < -0.39 is 18.4 Å². The number of unbranched alkanes of at least 4 members (excludes halogenated alkanes) is 5. The fourth-order valence-corrected chi connectivity index (χ4v) is 32.1. The van der Waals surface area contributed by atoms with Crippen LogP contribution < -0.4 is 0 Å². The van der Waals surface area contributed by atoms with E-state index in [0.717, 1.165) is 0 Å². The van der Waals surface area contributed by atoms with E-state index in [4.69, 9.17) is 0 Å². The van der Waals surface area contributed by atoms with E-state index in [0.29, 0.717) is 0 Å². The van der Waals surface area contributed by atoms with Crippen LogP contribution in [0.4, 0.5) is 0 Å². The normalized spacial score (nSPS) is 24.3. The van der Waals surface area contributed by atoms with Crippen molar-refractivity contribution in [1.29, 1.82) is 0 Å². The first-order valence-electron chi connectivity index (χ1n) is 13.4. The van der Waals surface area contributed by atoms with Crippen molar-refractivity contribution >= 4 is 18.4 Å². The van der Waals surface area contributed by atoms with Gasteiger partial charge < -0.3 is 0 Å². The molecule has 0 spiro atoms. The molecular formula is C26H50Sn. The molecule has 0 saturated heterocycles. The topological polar surface area (TPSA) is 0 Å². The fraction of sp³-hybridized carbons (Fsp3) is 1.00. The Kier molecular flexibility index (Phi) is 10.4. The maximum atomic E-state index is 2.36. The molecule has 3 rings (SSSR count). The zero-order chi connectivity index (χ0) is 18.8. The third-order valence-corrected chi connectivity index (χ3v) is 30.5. The van der Waals surface area contributed by atoms with Gasteiger partial charge in [0.15, 0.2) is 0 Å². The van der Waals surface area contributed by atoms with E-state index in [9.17, 15) is 0 Å². The molecular weight excluding hydrogens is 431 g/mol. The van der Waals surface area contributed by atoms with E-state index in [1.807, 2.05) is 4.44 Å². The Labute approximate surface area is 175 Å². The van der Waals surface area contributed by atoms with Crippen molar-refractivity contribution in [3.63, 3.8) is 0 Å². The number of rotatable bonds is 10. The third-order valence-electron chi connectivity index (χ3n) is 9.06. The molecule has 27 heavy (non-hydrogen) atoms. The van der Waals surface area contributed by atoms with Gasteiger partial charge in [-0.05, 0) is 0 Å². The Balaban J connectivity index is 1.74. The van der Waals surface area contributed by atoms with Gasteiger partial charge in [0, 0.05) is 0 Å². The first kappa shape index (κ1) is 22.5. The Morgan fingerprint density at radius 1 is 0.481 bits per heavy atom. The molecule has 1 heteroatoms. The fourth-order valence-electron chi connectivity index (χ4n) is 7.74. The van der Waals surface area contributed by atoms with Crippen LogP contribution in [0.3, 0.4) is 0 Å². The Morgan fingerprint density at radius 2 is 0.852 bits per heavy atom. The molecule has 0 unspecified atom stereocenters. The van der Waals surface area contributed by atoms with Crippen LogP contribution in [0.15, 0.2) is 0 Å². The van der Waals surface area contributed by atoms with Gasteiger partial charge in [-0.2, -0.15) is 0 Å². The van der Waals surface area contributed by atoms with Crippen molar-refractivity contribution in [2.24, 2.45) is 0 Å². The van der Waals surface area contributed by atoms with Gasteiger partial charge in [0.25, 0.3) is 0 Å². The summed E-state index contributed by atoms with van der Waals surface area (Å²) in [5, 5.41) is 0. The predicted octanol–water partition coefficient (Wildman–Crippen LogP) is 9.80. The number of hydrogen-bond acceptors (Lipinski definition) is 0.